The summed E-state index contributed by atoms with van der Waals surface area (Å²) in [6, 6.07) is 1.34. The van der Waals surface area contributed by atoms with Crippen molar-refractivity contribution < 1.29 is 9.59 Å². The van der Waals surface area contributed by atoms with Crippen molar-refractivity contribution >= 4 is 11.8 Å². The van der Waals surface area contributed by atoms with Crippen molar-refractivity contribution in [1.29, 1.82) is 0 Å². The maximum Gasteiger partial charge on any atom is 0.263 e. The van der Waals surface area contributed by atoms with Gasteiger partial charge in [-0.2, -0.15) is 0 Å². The summed E-state index contributed by atoms with van der Waals surface area (Å²) in [7, 11) is 1.69. The van der Waals surface area contributed by atoms with E-state index in [4.69, 9.17) is 0 Å². The van der Waals surface area contributed by atoms with Crippen molar-refractivity contribution in [2.24, 2.45) is 7.05 Å². The number of pyridine rings is 1. The monoisotopic (exact) mass is 346 g/mol. The fraction of sp³-hybridized carbons (Fsp3) is 0.611. The lowest BCUT2D eigenvalue weighted by molar-refractivity contribution is -0.126. The van der Waals surface area contributed by atoms with Crippen LogP contribution in [0.25, 0.3) is 0 Å². The molecule has 2 aliphatic rings. The predicted molar refractivity (Wildman–Crippen MR) is 94.7 cm³/mol. The van der Waals surface area contributed by atoms with Crippen LogP contribution in [-0.2, 0) is 18.3 Å². The summed E-state index contributed by atoms with van der Waals surface area (Å²) >= 11 is 0. The molecule has 136 valence electrons. The summed E-state index contributed by atoms with van der Waals surface area (Å²) in [6.45, 7) is 5.34. The molecule has 1 saturated heterocycles. The number of aryl methyl sites for hydroxylation is 1. The van der Waals surface area contributed by atoms with Crippen LogP contribution >= 0.6 is 0 Å². The number of aromatic nitrogens is 1. The molecule has 2 N–H and O–H groups in total. The Labute approximate surface area is 147 Å². The Morgan fingerprint density at radius 3 is 2.72 bits per heavy atom. The van der Waals surface area contributed by atoms with E-state index in [0.717, 1.165) is 30.5 Å². The van der Waals surface area contributed by atoms with Gasteiger partial charge in [0.05, 0.1) is 0 Å². The van der Waals surface area contributed by atoms with Gasteiger partial charge < -0.3 is 20.1 Å². The number of hydrogen-bond acceptors (Lipinski definition) is 4. The van der Waals surface area contributed by atoms with Crippen LogP contribution < -0.4 is 16.2 Å². The predicted octanol–water partition coefficient (Wildman–Crippen LogP) is -0.0513. The molecule has 1 aromatic heterocycles. The van der Waals surface area contributed by atoms with Gasteiger partial charge in [-0.25, -0.2) is 0 Å². The molecule has 1 aliphatic carbocycles. The average molecular weight is 346 g/mol. The molecule has 0 unspecified atom stereocenters. The molecule has 0 aromatic carbocycles. The van der Waals surface area contributed by atoms with Crippen molar-refractivity contribution in [2.45, 2.75) is 45.2 Å². The maximum atomic E-state index is 13.0. The zero-order valence-electron chi connectivity index (χ0n) is 15.1. The fourth-order valence-electron chi connectivity index (χ4n) is 3.46. The second kappa shape index (κ2) is 7.00. The van der Waals surface area contributed by atoms with Gasteiger partial charge in [-0.3, -0.25) is 14.4 Å². The number of amides is 2. The Kier molecular flexibility index (Phi) is 4.94. The quantitative estimate of drug-likeness (QED) is 0.801. The molecule has 2 amide bonds. The summed E-state index contributed by atoms with van der Waals surface area (Å²) in [6.07, 6.45) is 2.72. The van der Waals surface area contributed by atoms with E-state index in [1.54, 1.807) is 17.7 Å². The Hall–Kier alpha value is -2.15. The highest BCUT2D eigenvalue weighted by Crippen LogP contribution is 2.20. The van der Waals surface area contributed by atoms with Gasteiger partial charge in [-0.1, -0.05) is 6.92 Å². The van der Waals surface area contributed by atoms with Gasteiger partial charge in [0, 0.05) is 38.4 Å². The van der Waals surface area contributed by atoms with Gasteiger partial charge in [0.2, 0.25) is 5.91 Å². The van der Waals surface area contributed by atoms with Crippen LogP contribution in [0.2, 0.25) is 0 Å². The van der Waals surface area contributed by atoms with Crippen LogP contribution in [0.5, 0.6) is 0 Å². The first kappa shape index (κ1) is 17.7. The van der Waals surface area contributed by atoms with Crippen LogP contribution in [0.15, 0.2) is 10.9 Å². The van der Waals surface area contributed by atoms with Crippen LogP contribution in [0, 0.1) is 6.92 Å². The topological polar surface area (TPSA) is 83.4 Å². The molecule has 7 nitrogen and oxygen atoms in total. The Bertz CT molecular complexity index is 751. The summed E-state index contributed by atoms with van der Waals surface area (Å²) in [5.74, 6) is -0.495. The lowest BCUT2D eigenvalue weighted by Crippen LogP contribution is -2.60. The zero-order valence-corrected chi connectivity index (χ0v) is 15.1. The highest BCUT2D eigenvalue weighted by atomic mass is 16.2. The molecule has 1 atom stereocenters. The Balaban J connectivity index is 1.90. The SMILES string of the molecule is CCc1c(C)cc(C(=O)N2CCNC[C@H]2C(=O)NC2CC2)c(=O)n1C. The third-order valence-corrected chi connectivity index (χ3v) is 5.05. The smallest absolute Gasteiger partial charge is 0.263 e. The molecule has 25 heavy (non-hydrogen) atoms. The standard InChI is InChI=1S/C18H26N4O3/c1-4-14-11(2)9-13(17(24)21(14)3)18(25)22-8-7-19-10-15(22)16(23)20-12-5-6-12/h9,12,15,19H,4-8,10H2,1-3H3,(H,20,23)/t15-/m0/s1. The molecule has 0 bridgehead atoms. The number of hydrogen-bond donors (Lipinski definition) is 2. The normalized spacial score (nSPS) is 20.4. The van der Waals surface area contributed by atoms with E-state index < -0.39 is 6.04 Å². The maximum absolute atomic E-state index is 13.0. The van der Waals surface area contributed by atoms with Gasteiger partial charge in [0.25, 0.3) is 11.5 Å². The highest BCUT2D eigenvalue weighted by Gasteiger charge is 2.36. The first-order valence-corrected chi connectivity index (χ1v) is 8.95. The van der Waals surface area contributed by atoms with Gasteiger partial charge in [-0.15, -0.1) is 0 Å². The van der Waals surface area contributed by atoms with Crippen molar-refractivity contribution in [3.8, 4) is 0 Å². The summed E-state index contributed by atoms with van der Waals surface area (Å²) in [4.78, 5) is 39.7. The number of carbonyl (C=O) groups is 2. The summed E-state index contributed by atoms with van der Waals surface area (Å²) in [5, 5.41) is 6.12. The largest absolute Gasteiger partial charge is 0.352 e. The highest BCUT2D eigenvalue weighted by molar-refractivity contribution is 5.97. The van der Waals surface area contributed by atoms with E-state index in [9.17, 15) is 14.4 Å². The average Bonchev–Trinajstić information content (AvgIpc) is 3.42. The van der Waals surface area contributed by atoms with E-state index in [-0.39, 0.29) is 29.0 Å². The van der Waals surface area contributed by atoms with Crippen LogP contribution in [0.1, 0.15) is 41.4 Å². The number of carbonyl (C=O) groups excluding carboxylic acids is 2. The molecule has 2 fully saturated rings. The molecule has 2 heterocycles. The van der Waals surface area contributed by atoms with Crippen molar-refractivity contribution in [2.75, 3.05) is 19.6 Å². The lowest BCUT2D eigenvalue weighted by atomic mass is 10.1. The Morgan fingerprint density at radius 1 is 1.36 bits per heavy atom. The number of rotatable bonds is 4. The second-order valence-electron chi connectivity index (χ2n) is 6.91. The molecule has 3 rings (SSSR count). The molecule has 1 saturated carbocycles. The second-order valence-corrected chi connectivity index (χ2v) is 6.91. The molecular weight excluding hydrogens is 320 g/mol. The molecule has 1 aliphatic heterocycles. The van der Waals surface area contributed by atoms with Gasteiger partial charge in [0.1, 0.15) is 11.6 Å². The molecule has 0 radical (unpaired) electrons. The first-order valence-electron chi connectivity index (χ1n) is 8.95. The minimum absolute atomic E-state index is 0.137. The van der Waals surface area contributed by atoms with Gasteiger partial charge >= 0.3 is 0 Å². The van der Waals surface area contributed by atoms with E-state index in [1.807, 2.05) is 13.8 Å². The van der Waals surface area contributed by atoms with Crippen molar-refractivity contribution in [3.05, 3.63) is 33.2 Å². The molecular formula is C18H26N4O3. The molecule has 1 aromatic rings. The van der Waals surface area contributed by atoms with Gasteiger partial charge in [0.15, 0.2) is 0 Å². The molecule has 7 heteroatoms. The number of nitrogens with zero attached hydrogens (tertiary/aromatic N) is 2. The minimum atomic E-state index is -0.572. The third kappa shape index (κ3) is 3.46. The first-order chi connectivity index (χ1) is 11.9. The van der Waals surface area contributed by atoms with Crippen LogP contribution in [0.4, 0.5) is 0 Å². The fourth-order valence-corrected chi connectivity index (χ4v) is 3.46. The number of nitrogens with one attached hydrogen (secondary N) is 2. The van der Waals surface area contributed by atoms with Gasteiger partial charge in [-0.05, 0) is 37.8 Å². The lowest BCUT2D eigenvalue weighted by Gasteiger charge is -2.35. The molecule has 0 spiro atoms. The third-order valence-electron chi connectivity index (χ3n) is 5.05. The van der Waals surface area contributed by atoms with Crippen LogP contribution in [-0.4, -0.2) is 53.0 Å². The number of piperazine rings is 1. The van der Waals surface area contributed by atoms with E-state index in [1.165, 1.54) is 4.90 Å². The van der Waals surface area contributed by atoms with Crippen molar-refractivity contribution in [1.82, 2.24) is 20.1 Å². The zero-order chi connectivity index (χ0) is 18.1. The summed E-state index contributed by atoms with van der Waals surface area (Å²) in [5.41, 5.74) is 1.68. The van der Waals surface area contributed by atoms with E-state index in [0.29, 0.717) is 19.6 Å². The van der Waals surface area contributed by atoms with E-state index in [2.05, 4.69) is 10.6 Å². The van der Waals surface area contributed by atoms with E-state index >= 15 is 0 Å². The summed E-state index contributed by atoms with van der Waals surface area (Å²) < 4.78 is 1.55. The van der Waals surface area contributed by atoms with Crippen LogP contribution in [0.3, 0.4) is 0 Å². The van der Waals surface area contributed by atoms with Crippen molar-refractivity contribution in [3.63, 3.8) is 0 Å². The Morgan fingerprint density at radius 2 is 2.08 bits per heavy atom. The minimum Gasteiger partial charge on any atom is -0.352 e.